The van der Waals surface area contributed by atoms with Crippen molar-refractivity contribution < 1.29 is 22.7 Å². The maximum absolute atomic E-state index is 14.6. The topological polar surface area (TPSA) is 90.5 Å². The number of ketones is 1. The fourth-order valence-electron chi connectivity index (χ4n) is 3.75. The molecule has 2 heterocycles. The molecule has 152 valence electrons. The number of aliphatic imine (C=N–C) groups is 1. The number of aryl methyl sites for hydroxylation is 1. The van der Waals surface area contributed by atoms with Gasteiger partial charge in [-0.15, -0.1) is 0 Å². The van der Waals surface area contributed by atoms with Crippen molar-refractivity contribution >= 4 is 23.4 Å². The van der Waals surface area contributed by atoms with Gasteiger partial charge in [0.15, 0.2) is 11.3 Å². The minimum absolute atomic E-state index is 0.0576. The number of amidine groups is 1. The van der Waals surface area contributed by atoms with Crippen LogP contribution >= 0.6 is 11.6 Å². The number of rotatable bonds is 5. The number of carbonyl (C=O) groups is 1. The molecule has 0 bridgehead atoms. The highest BCUT2D eigenvalue weighted by atomic mass is 35.5. The van der Waals surface area contributed by atoms with E-state index >= 15 is 0 Å². The molecule has 0 radical (unpaired) electrons. The lowest BCUT2D eigenvalue weighted by Crippen LogP contribution is -2.43. The van der Waals surface area contributed by atoms with Gasteiger partial charge in [-0.2, -0.15) is 0 Å². The average Bonchev–Trinajstić information content (AvgIpc) is 3.44. The monoisotopic (exact) mass is 424 g/mol. The fourth-order valence-corrected chi connectivity index (χ4v) is 3.88. The maximum Gasteiger partial charge on any atom is 0.283 e. The van der Waals surface area contributed by atoms with Crippen molar-refractivity contribution in [2.24, 2.45) is 16.6 Å². The van der Waals surface area contributed by atoms with Crippen molar-refractivity contribution in [2.75, 3.05) is 0 Å². The Labute approximate surface area is 169 Å². The fraction of sp³-hybridized carbons (Fsp3) is 0.368. The predicted molar refractivity (Wildman–Crippen MR) is 98.5 cm³/mol. The molecule has 3 atom stereocenters. The van der Waals surface area contributed by atoms with E-state index in [9.17, 15) is 18.0 Å². The highest BCUT2D eigenvalue weighted by Crippen LogP contribution is 2.56. The van der Waals surface area contributed by atoms with Gasteiger partial charge in [0.1, 0.15) is 22.8 Å². The number of hydrogen-bond acceptors (Lipinski definition) is 6. The second kappa shape index (κ2) is 6.98. The molecule has 0 amide bonds. The molecule has 0 unspecified atom stereocenters. The zero-order chi connectivity index (χ0) is 20.9. The molecule has 0 spiro atoms. The van der Waals surface area contributed by atoms with Crippen LogP contribution in [-0.4, -0.2) is 34.3 Å². The number of nitrogens with two attached hydrogens (primary N) is 1. The van der Waals surface area contributed by atoms with Crippen molar-refractivity contribution in [1.29, 1.82) is 0 Å². The van der Waals surface area contributed by atoms with Crippen molar-refractivity contribution in [3.63, 3.8) is 0 Å². The quantitative estimate of drug-likeness (QED) is 0.744. The number of aromatic nitrogens is 2. The molecule has 6 nitrogen and oxygen atoms in total. The SMILES string of the molecule is Cc1ncc(Cl)nc1C(=O)Cc1ccc(F)c([C@]2(C(F)F)N=C(N)O[C@H]3C[C@H]32)c1. The number of carbonyl (C=O) groups excluding carboxylic acids is 1. The Hall–Kier alpha value is -2.68. The zero-order valence-corrected chi connectivity index (χ0v) is 16.0. The first kappa shape index (κ1) is 19.6. The molecular weight excluding hydrogens is 409 g/mol. The van der Waals surface area contributed by atoms with Gasteiger partial charge in [0.25, 0.3) is 12.4 Å². The summed E-state index contributed by atoms with van der Waals surface area (Å²) in [5.41, 5.74) is 3.92. The van der Waals surface area contributed by atoms with Crippen molar-refractivity contribution in [3.8, 4) is 0 Å². The minimum atomic E-state index is -3.00. The number of alkyl halides is 2. The molecular formula is C19H16ClF3N4O2. The Morgan fingerprint density at radius 2 is 2.21 bits per heavy atom. The maximum atomic E-state index is 14.6. The van der Waals surface area contributed by atoms with Gasteiger partial charge in [0, 0.05) is 17.9 Å². The summed E-state index contributed by atoms with van der Waals surface area (Å²) < 4.78 is 48.2. The Morgan fingerprint density at radius 1 is 1.45 bits per heavy atom. The molecule has 29 heavy (non-hydrogen) atoms. The lowest BCUT2D eigenvalue weighted by Gasteiger charge is -2.33. The van der Waals surface area contributed by atoms with Crippen LogP contribution in [0, 0.1) is 18.7 Å². The molecule has 1 aliphatic heterocycles. The van der Waals surface area contributed by atoms with Gasteiger partial charge in [0.05, 0.1) is 11.9 Å². The Balaban J connectivity index is 1.72. The smallest absolute Gasteiger partial charge is 0.283 e. The van der Waals surface area contributed by atoms with E-state index in [1.54, 1.807) is 6.92 Å². The van der Waals surface area contributed by atoms with Gasteiger partial charge in [-0.3, -0.25) is 9.78 Å². The summed E-state index contributed by atoms with van der Waals surface area (Å²) in [6.07, 6.45) is -2.09. The van der Waals surface area contributed by atoms with Gasteiger partial charge >= 0.3 is 0 Å². The summed E-state index contributed by atoms with van der Waals surface area (Å²) >= 11 is 5.80. The van der Waals surface area contributed by atoms with Crippen LogP contribution in [0.1, 0.15) is 33.7 Å². The van der Waals surface area contributed by atoms with Crippen molar-refractivity contribution in [2.45, 2.75) is 37.8 Å². The van der Waals surface area contributed by atoms with E-state index < -0.39 is 41.6 Å². The molecule has 1 aromatic heterocycles. The molecule has 2 N–H and O–H groups in total. The molecule has 0 saturated heterocycles. The van der Waals surface area contributed by atoms with Crippen LogP contribution in [0.15, 0.2) is 29.4 Å². The second-order valence-corrected chi connectivity index (χ2v) is 7.50. The van der Waals surface area contributed by atoms with Crippen molar-refractivity contribution in [3.05, 3.63) is 57.9 Å². The van der Waals surface area contributed by atoms with Crippen LogP contribution in [0.3, 0.4) is 0 Å². The van der Waals surface area contributed by atoms with Crippen LogP contribution in [0.25, 0.3) is 0 Å². The van der Waals surface area contributed by atoms with E-state index in [2.05, 4.69) is 15.0 Å². The van der Waals surface area contributed by atoms with Gasteiger partial charge in [-0.05, 0) is 31.0 Å². The largest absolute Gasteiger partial charge is 0.462 e. The van der Waals surface area contributed by atoms with Crippen molar-refractivity contribution in [1.82, 2.24) is 9.97 Å². The Bertz CT molecular complexity index is 1030. The number of fused-ring (bicyclic) bond motifs is 1. The van der Waals surface area contributed by atoms with Gasteiger partial charge < -0.3 is 10.5 Å². The standard InChI is InChI=1S/C19H16ClF3N4O2/c1-8-16(26-15(20)7-25-8)13(28)5-9-2-3-12(21)10(4-9)19(17(22)23)11-6-14(11)29-18(24)27-19/h2-4,7,11,14,17H,5-6H2,1H3,(H2,24,27)/t11-,14+,19+/m1/s1. The predicted octanol–water partition coefficient (Wildman–Crippen LogP) is 3.20. The molecule has 1 aromatic carbocycles. The molecule has 2 aliphatic rings. The number of benzene rings is 1. The van der Waals surface area contributed by atoms with Gasteiger partial charge in [0.2, 0.25) is 0 Å². The third-order valence-corrected chi connectivity index (χ3v) is 5.40. The first-order chi connectivity index (χ1) is 13.7. The lowest BCUT2D eigenvalue weighted by atomic mass is 9.83. The third-order valence-electron chi connectivity index (χ3n) is 5.21. The van der Waals surface area contributed by atoms with E-state index in [1.165, 1.54) is 18.3 Å². The highest BCUT2D eigenvalue weighted by Gasteiger charge is 2.64. The zero-order valence-electron chi connectivity index (χ0n) is 15.2. The number of hydrogen-bond donors (Lipinski definition) is 1. The van der Waals surface area contributed by atoms with Crippen LogP contribution in [0.5, 0.6) is 0 Å². The third kappa shape index (κ3) is 3.33. The normalized spacial score (nSPS) is 25.2. The van der Waals surface area contributed by atoms with E-state index in [-0.39, 0.29) is 22.8 Å². The molecule has 1 aliphatic carbocycles. The molecule has 2 aromatic rings. The van der Waals surface area contributed by atoms with Crippen LogP contribution in [-0.2, 0) is 16.7 Å². The molecule has 1 saturated carbocycles. The summed E-state index contributed by atoms with van der Waals surface area (Å²) in [5, 5.41) is 0.0576. The molecule has 10 heteroatoms. The minimum Gasteiger partial charge on any atom is -0.462 e. The van der Waals surface area contributed by atoms with E-state index in [0.29, 0.717) is 17.7 Å². The number of ether oxygens (including phenoxy) is 1. The van der Waals surface area contributed by atoms with Gasteiger partial charge in [-0.1, -0.05) is 17.7 Å². The van der Waals surface area contributed by atoms with Crippen LogP contribution in [0.4, 0.5) is 13.2 Å². The van der Waals surface area contributed by atoms with E-state index in [1.807, 2.05) is 0 Å². The summed E-state index contributed by atoms with van der Waals surface area (Å²) in [7, 11) is 0. The Morgan fingerprint density at radius 3 is 2.93 bits per heavy atom. The summed E-state index contributed by atoms with van der Waals surface area (Å²) in [6.45, 7) is 1.60. The number of Topliss-reactive ketones (excluding diaryl/α,β-unsaturated/α-hetero) is 1. The number of nitrogens with zero attached hydrogens (tertiary/aromatic N) is 3. The number of halogens is 4. The summed E-state index contributed by atoms with van der Waals surface area (Å²) in [5.74, 6) is -1.94. The van der Waals surface area contributed by atoms with E-state index in [4.69, 9.17) is 22.1 Å². The molecule has 1 fully saturated rings. The van der Waals surface area contributed by atoms with Crippen LogP contribution in [0.2, 0.25) is 5.15 Å². The van der Waals surface area contributed by atoms with Gasteiger partial charge in [-0.25, -0.2) is 23.1 Å². The first-order valence-corrected chi connectivity index (χ1v) is 9.21. The van der Waals surface area contributed by atoms with E-state index in [0.717, 1.165) is 6.07 Å². The molecule has 4 rings (SSSR count). The summed E-state index contributed by atoms with van der Waals surface area (Å²) in [6, 6.07) is 3.26. The second-order valence-electron chi connectivity index (χ2n) is 7.12. The average molecular weight is 425 g/mol. The summed E-state index contributed by atoms with van der Waals surface area (Å²) in [4.78, 5) is 24.4. The Kier molecular flexibility index (Phi) is 4.72. The lowest BCUT2D eigenvalue weighted by molar-refractivity contribution is 0.0176. The highest BCUT2D eigenvalue weighted by molar-refractivity contribution is 6.29. The van der Waals surface area contributed by atoms with Crippen LogP contribution < -0.4 is 5.73 Å². The first-order valence-electron chi connectivity index (χ1n) is 8.83.